The molecule has 0 heterocycles. The van der Waals surface area contributed by atoms with Crippen LogP contribution in [0.3, 0.4) is 0 Å². The molecule has 2 aliphatic carbocycles. The van der Waals surface area contributed by atoms with Crippen LogP contribution < -0.4 is 0 Å². The summed E-state index contributed by atoms with van der Waals surface area (Å²) in [5.74, 6) is -1.93. The molecule has 2 bridgehead atoms. The number of benzene rings is 1. The molecule has 4 nitrogen and oxygen atoms in total. The van der Waals surface area contributed by atoms with Crippen molar-refractivity contribution in [1.82, 2.24) is 0 Å². The zero-order chi connectivity index (χ0) is 31.6. The average Bonchev–Trinajstić information content (AvgIpc) is 2.91. The number of carbonyl (C=O) groups excluding carboxylic acids is 3. The minimum Gasteiger partial charge on any atom is -0.506 e. The van der Waals surface area contributed by atoms with Crippen molar-refractivity contribution in [2.45, 2.75) is 94.4 Å². The van der Waals surface area contributed by atoms with E-state index in [0.29, 0.717) is 24.8 Å². The smallest absolute Gasteiger partial charge is 0.184 e. The highest BCUT2D eigenvalue weighted by atomic mass is 16.3. The Morgan fingerprint density at radius 2 is 1.48 bits per heavy atom. The maximum atomic E-state index is 15.1. The van der Waals surface area contributed by atoms with Crippen LogP contribution in [0.2, 0.25) is 0 Å². The third-order valence-electron chi connectivity index (χ3n) is 9.83. The third-order valence-corrected chi connectivity index (χ3v) is 9.83. The second kappa shape index (κ2) is 12.5. The summed E-state index contributed by atoms with van der Waals surface area (Å²) in [4.78, 5) is 44.8. The van der Waals surface area contributed by atoms with Crippen LogP contribution >= 0.6 is 0 Å². The van der Waals surface area contributed by atoms with E-state index in [-0.39, 0.29) is 41.8 Å². The van der Waals surface area contributed by atoms with Gasteiger partial charge in [0.2, 0.25) is 0 Å². The van der Waals surface area contributed by atoms with Crippen LogP contribution in [0, 0.1) is 28.1 Å². The van der Waals surface area contributed by atoms with Gasteiger partial charge in [-0.3, -0.25) is 14.4 Å². The highest BCUT2D eigenvalue weighted by Crippen LogP contribution is 2.66. The Balaban J connectivity index is 2.44. The normalized spacial score (nSPS) is 26.7. The summed E-state index contributed by atoms with van der Waals surface area (Å²) in [7, 11) is 0. The van der Waals surface area contributed by atoms with Crippen molar-refractivity contribution in [3.8, 4) is 0 Å². The second-order valence-corrected chi connectivity index (χ2v) is 14.0. The van der Waals surface area contributed by atoms with Crippen LogP contribution in [-0.2, 0) is 14.4 Å². The lowest BCUT2D eigenvalue weighted by Crippen LogP contribution is -2.69. The van der Waals surface area contributed by atoms with Gasteiger partial charge in [0, 0.05) is 5.56 Å². The van der Waals surface area contributed by atoms with Crippen molar-refractivity contribution >= 4 is 23.1 Å². The molecular formula is C38H50O4. The van der Waals surface area contributed by atoms with Gasteiger partial charge < -0.3 is 5.11 Å². The van der Waals surface area contributed by atoms with E-state index in [1.807, 2.05) is 74.5 Å². The maximum Gasteiger partial charge on any atom is 0.184 e. The Labute approximate surface area is 253 Å². The topological polar surface area (TPSA) is 71.4 Å². The predicted molar refractivity (Wildman–Crippen MR) is 173 cm³/mol. The Morgan fingerprint density at radius 3 is 2.00 bits per heavy atom. The molecular weight excluding hydrogens is 520 g/mol. The second-order valence-electron chi connectivity index (χ2n) is 14.0. The fourth-order valence-electron chi connectivity index (χ4n) is 7.01. The number of hydrogen-bond donors (Lipinski definition) is 1. The number of aliphatic hydroxyl groups is 1. The number of Topliss-reactive ketones (excluding diaryl/α,β-unsaturated/α-hetero) is 3. The Bertz CT molecular complexity index is 1370. The molecule has 4 heteroatoms. The summed E-state index contributed by atoms with van der Waals surface area (Å²) in [6, 6.07) is 8.73. The molecule has 0 radical (unpaired) electrons. The standard InChI is InChI=1S/C38H50O4/c1-24(2)16-18-29(27(7)8)22-37-23-30(19-17-25(3)4)36(9,10)38(35(37)42,21-20-26(5)6)34(41)31(33(37)40)32(39)28-14-12-11-13-15-28/h11-17,20,29-30,39H,7,18-19,21-23H2,1-6,8-10H3/b32-31-/t29-,30+,37+,38-/m0/s1. The van der Waals surface area contributed by atoms with Crippen LogP contribution in [0.5, 0.6) is 0 Å². The van der Waals surface area contributed by atoms with Crippen LogP contribution in [0.4, 0.5) is 0 Å². The van der Waals surface area contributed by atoms with E-state index >= 15 is 4.79 Å². The van der Waals surface area contributed by atoms with E-state index in [4.69, 9.17) is 0 Å². The molecule has 0 amide bonds. The van der Waals surface area contributed by atoms with Crippen molar-refractivity contribution in [3.05, 3.63) is 88.6 Å². The molecule has 1 aromatic rings. The molecule has 1 aromatic carbocycles. The average molecular weight is 571 g/mol. The minimum absolute atomic E-state index is 0.0989. The molecule has 2 fully saturated rings. The number of allylic oxidation sites excluding steroid dienone is 8. The number of rotatable bonds is 10. The van der Waals surface area contributed by atoms with Crippen LogP contribution in [0.15, 0.2) is 83.0 Å². The number of hydrogen-bond acceptors (Lipinski definition) is 4. The van der Waals surface area contributed by atoms with E-state index in [1.165, 1.54) is 0 Å². The predicted octanol–water partition coefficient (Wildman–Crippen LogP) is 9.35. The maximum absolute atomic E-state index is 15.1. The molecule has 0 spiro atoms. The lowest BCUT2D eigenvalue weighted by Gasteiger charge is -2.60. The van der Waals surface area contributed by atoms with E-state index in [2.05, 4.69) is 18.7 Å². The van der Waals surface area contributed by atoms with E-state index < -0.39 is 27.8 Å². The van der Waals surface area contributed by atoms with E-state index in [0.717, 1.165) is 22.3 Å². The summed E-state index contributed by atoms with van der Waals surface area (Å²) in [6.45, 7) is 22.3. The van der Waals surface area contributed by atoms with Crippen molar-refractivity contribution in [3.63, 3.8) is 0 Å². The van der Waals surface area contributed by atoms with Gasteiger partial charge in [-0.25, -0.2) is 0 Å². The third kappa shape index (κ3) is 5.82. The molecule has 1 N–H and O–H groups in total. The lowest BCUT2D eigenvalue weighted by molar-refractivity contribution is -0.177. The van der Waals surface area contributed by atoms with Gasteiger partial charge in [0.25, 0.3) is 0 Å². The molecule has 3 rings (SSSR count). The van der Waals surface area contributed by atoms with Crippen molar-refractivity contribution in [1.29, 1.82) is 0 Å². The zero-order valence-corrected chi connectivity index (χ0v) is 27.2. The highest BCUT2D eigenvalue weighted by molar-refractivity contribution is 6.41. The fourth-order valence-corrected chi connectivity index (χ4v) is 7.01. The van der Waals surface area contributed by atoms with E-state index in [1.54, 1.807) is 24.3 Å². The molecule has 0 unspecified atom stereocenters. The molecule has 0 aliphatic heterocycles. The summed E-state index contributed by atoms with van der Waals surface area (Å²) in [6.07, 6.45) is 8.34. The van der Waals surface area contributed by atoms with Crippen molar-refractivity contribution in [2.24, 2.45) is 28.1 Å². The monoisotopic (exact) mass is 570 g/mol. The first kappa shape index (κ1) is 33.2. The first-order valence-corrected chi connectivity index (χ1v) is 15.2. The van der Waals surface area contributed by atoms with Gasteiger partial charge in [0.05, 0.1) is 5.41 Å². The van der Waals surface area contributed by atoms with Crippen LogP contribution in [0.25, 0.3) is 5.76 Å². The van der Waals surface area contributed by atoms with Gasteiger partial charge in [-0.2, -0.15) is 0 Å². The molecule has 0 aromatic heterocycles. The van der Waals surface area contributed by atoms with Gasteiger partial charge in [-0.15, -0.1) is 0 Å². The van der Waals surface area contributed by atoms with E-state index in [9.17, 15) is 14.7 Å². The summed E-state index contributed by atoms with van der Waals surface area (Å²) in [5, 5.41) is 11.6. The van der Waals surface area contributed by atoms with Crippen molar-refractivity contribution < 1.29 is 19.5 Å². The molecule has 2 aliphatic rings. The first-order chi connectivity index (χ1) is 19.5. The first-order valence-electron chi connectivity index (χ1n) is 15.2. The fraction of sp³-hybridized carbons (Fsp3) is 0.500. The molecule has 226 valence electrons. The molecule has 2 saturated carbocycles. The van der Waals surface area contributed by atoms with Crippen LogP contribution in [0.1, 0.15) is 100.0 Å². The molecule has 42 heavy (non-hydrogen) atoms. The number of fused-ring (bicyclic) bond motifs is 2. The minimum atomic E-state index is -1.50. The SMILES string of the molecule is C=C(C)[C@@H](CC=C(C)C)C[C@@]12C[C@@H](CC=C(C)C)C(C)(C)[C@@](CC=C(C)C)(C(=O)/C(=C(\O)c3ccccc3)C1=O)C2=O. The highest BCUT2D eigenvalue weighted by Gasteiger charge is 2.74. The Kier molecular flexibility index (Phi) is 9.92. The lowest BCUT2D eigenvalue weighted by atomic mass is 9.38. The molecule has 4 atom stereocenters. The molecule has 0 saturated heterocycles. The largest absolute Gasteiger partial charge is 0.506 e. The Hall–Kier alpha value is -3.27. The zero-order valence-electron chi connectivity index (χ0n) is 27.2. The number of aliphatic hydroxyl groups excluding tert-OH is 1. The van der Waals surface area contributed by atoms with Gasteiger partial charge in [0.15, 0.2) is 17.3 Å². The van der Waals surface area contributed by atoms with Gasteiger partial charge >= 0.3 is 0 Å². The summed E-state index contributed by atoms with van der Waals surface area (Å²) < 4.78 is 0. The van der Waals surface area contributed by atoms with Crippen molar-refractivity contribution in [2.75, 3.05) is 0 Å². The van der Waals surface area contributed by atoms with Gasteiger partial charge in [-0.05, 0) is 97.8 Å². The van der Waals surface area contributed by atoms with Gasteiger partial charge in [0.1, 0.15) is 16.7 Å². The van der Waals surface area contributed by atoms with Gasteiger partial charge in [-0.1, -0.05) is 91.3 Å². The summed E-state index contributed by atoms with van der Waals surface area (Å²) >= 11 is 0. The van der Waals surface area contributed by atoms with Crippen LogP contribution in [-0.4, -0.2) is 22.5 Å². The number of carbonyl (C=O) groups is 3. The number of ketones is 3. The quantitative estimate of drug-likeness (QED) is 0.1000. The Morgan fingerprint density at radius 1 is 0.905 bits per heavy atom. The summed E-state index contributed by atoms with van der Waals surface area (Å²) in [5.41, 5.74) is 0.665.